The Bertz CT molecular complexity index is 1900. The van der Waals surface area contributed by atoms with E-state index >= 15 is 0 Å². The molecule has 17 heteroatoms. The maximum atomic E-state index is 13.4. The molecule has 10 atom stereocenters. The van der Waals surface area contributed by atoms with Crippen molar-refractivity contribution < 1.29 is 61.6 Å². The molecule has 61 heavy (non-hydrogen) atoms. The predicted octanol–water partition coefficient (Wildman–Crippen LogP) is 6.16. The molecule has 17 nitrogen and oxygen atoms in total. The molecule has 4 heterocycles. The molecule has 0 saturated carbocycles. The van der Waals surface area contributed by atoms with Crippen molar-refractivity contribution in [2.24, 2.45) is 23.7 Å². The fraction of sp³-hybridized carbons (Fsp3) is 0.614. The van der Waals surface area contributed by atoms with E-state index in [1.807, 2.05) is 26.8 Å². The summed E-state index contributed by atoms with van der Waals surface area (Å²) in [6.07, 6.45) is 9.02. The van der Waals surface area contributed by atoms with Crippen molar-refractivity contribution in [3.63, 3.8) is 0 Å². The van der Waals surface area contributed by atoms with Gasteiger partial charge < -0.3 is 47.3 Å². The first-order chi connectivity index (χ1) is 29.2. The zero-order valence-electron chi connectivity index (χ0n) is 36.4. The number of aromatic nitrogens is 3. The highest BCUT2D eigenvalue weighted by Gasteiger charge is 2.33. The summed E-state index contributed by atoms with van der Waals surface area (Å²) in [5.74, 6) is -1.73. The summed E-state index contributed by atoms with van der Waals surface area (Å²) in [4.78, 5) is 65.6. The lowest BCUT2D eigenvalue weighted by Gasteiger charge is -2.31. The number of amides is 1. The Hall–Kier alpha value is -4.81. The number of nitrogens with zero attached hydrogens (tertiary/aromatic N) is 4. The standard InChI is InChI=1S/C44H62N4O13/c1-26-12-9-10-14-40-45-33(23-58-40)43-47-34(24-60-43)44-46-32(22-59-44)42(57-8)29(4)36(53)19-30(50)18-31(51)20-41(54)61-39(26)21-38(56-7)27(2)15-16-35(52)28(3)37(55-6)13-11-17-48(5)25-49/h10-11,14,17,22-31,37-39,42,50-51H,9,12-13,15-16,18-21H2,1-8H3. The second-order valence-corrected chi connectivity index (χ2v) is 16.0. The van der Waals surface area contributed by atoms with Crippen LogP contribution in [-0.4, -0.2) is 113 Å². The average molecular weight is 855 g/mol. The Morgan fingerprint density at radius 3 is 2.33 bits per heavy atom. The molecule has 3 aromatic rings. The smallest absolute Gasteiger partial charge is 0.308 e. The maximum Gasteiger partial charge on any atom is 0.308 e. The summed E-state index contributed by atoms with van der Waals surface area (Å²) in [5, 5.41) is 21.7. The number of Topliss-reactive ketones (excluding diaryl/α,β-unsaturated/α-hetero) is 2. The Labute approximate surface area is 356 Å². The molecular weight excluding hydrogens is 792 g/mol. The number of hydrogen-bond acceptors (Lipinski definition) is 16. The molecule has 3 aromatic heterocycles. The van der Waals surface area contributed by atoms with E-state index in [0.29, 0.717) is 61.5 Å². The number of cyclic esters (lactones) is 1. The number of ether oxygens (including phenoxy) is 4. The summed E-state index contributed by atoms with van der Waals surface area (Å²) < 4.78 is 40.1. The number of ketones is 2. The molecule has 0 spiro atoms. The zero-order valence-corrected chi connectivity index (χ0v) is 36.4. The maximum absolute atomic E-state index is 13.4. The van der Waals surface area contributed by atoms with Crippen LogP contribution in [0.4, 0.5) is 0 Å². The lowest BCUT2D eigenvalue weighted by atomic mass is 9.86. The minimum atomic E-state index is -1.28. The van der Waals surface area contributed by atoms with Gasteiger partial charge in [-0.1, -0.05) is 39.8 Å². The number of oxazole rings is 3. The Morgan fingerprint density at radius 1 is 0.951 bits per heavy atom. The third-order valence-electron chi connectivity index (χ3n) is 11.3. The predicted molar refractivity (Wildman–Crippen MR) is 221 cm³/mol. The fourth-order valence-electron chi connectivity index (χ4n) is 7.35. The van der Waals surface area contributed by atoms with Crippen molar-refractivity contribution >= 4 is 30.0 Å². The molecule has 6 bridgehead atoms. The molecule has 0 radical (unpaired) electrons. The number of methoxy groups -OCH3 is 3. The van der Waals surface area contributed by atoms with Crippen molar-refractivity contribution in [1.82, 2.24) is 19.9 Å². The number of carbonyl (C=O) groups excluding carboxylic acids is 4. The van der Waals surface area contributed by atoms with Gasteiger partial charge in [-0.25, -0.2) is 15.0 Å². The molecule has 336 valence electrons. The van der Waals surface area contributed by atoms with E-state index in [0.717, 1.165) is 0 Å². The van der Waals surface area contributed by atoms with Gasteiger partial charge in [0.15, 0.2) is 11.4 Å². The average Bonchev–Trinajstić information content (AvgIpc) is 4.03. The number of fused-ring (bicyclic) bond motifs is 8. The molecule has 1 amide bonds. The lowest BCUT2D eigenvalue weighted by molar-refractivity contribution is -0.157. The minimum absolute atomic E-state index is 0.0373. The summed E-state index contributed by atoms with van der Waals surface area (Å²) in [6.45, 7) is 7.43. The molecule has 0 saturated heterocycles. The second-order valence-electron chi connectivity index (χ2n) is 16.0. The molecule has 0 aliphatic carbocycles. The van der Waals surface area contributed by atoms with Crippen LogP contribution in [0.3, 0.4) is 0 Å². The molecule has 0 aromatic carbocycles. The van der Waals surface area contributed by atoms with Gasteiger partial charge in [-0.3, -0.25) is 19.2 Å². The first-order valence-corrected chi connectivity index (χ1v) is 20.7. The van der Waals surface area contributed by atoms with E-state index in [2.05, 4.69) is 15.0 Å². The van der Waals surface area contributed by atoms with Gasteiger partial charge in [-0.15, -0.1) is 0 Å². The van der Waals surface area contributed by atoms with Gasteiger partial charge >= 0.3 is 5.97 Å². The topological polar surface area (TPSA) is 227 Å². The van der Waals surface area contributed by atoms with Crippen LogP contribution in [0.1, 0.15) is 103 Å². The number of hydrogen-bond donors (Lipinski definition) is 2. The van der Waals surface area contributed by atoms with Crippen LogP contribution in [0.15, 0.2) is 50.4 Å². The molecule has 10 unspecified atom stereocenters. The third kappa shape index (κ3) is 14.4. The zero-order chi connectivity index (χ0) is 44.6. The van der Waals surface area contributed by atoms with Gasteiger partial charge in [-0.05, 0) is 43.6 Å². The number of carbonyl (C=O) groups is 4. The second kappa shape index (κ2) is 24.0. The Kier molecular flexibility index (Phi) is 19.2. The SMILES string of the molecule is COC(CC1OC(=O)CC(O)CC(O)CC(=O)C(C)C(OC)c2coc(n2)-c2coc(n2)-c2coc(n2)C=CCCC1C)C(C)CCC(=O)C(C)C(CC=CN(C)C=O)OC. The van der Waals surface area contributed by atoms with E-state index in [-0.39, 0.29) is 72.6 Å². The molecule has 2 N–H and O–H groups in total. The number of allylic oxidation sites excluding steroid dienone is 1. The molecule has 0 fully saturated rings. The quantitative estimate of drug-likeness (QED) is 0.129. The lowest BCUT2D eigenvalue weighted by Crippen LogP contribution is -2.35. The van der Waals surface area contributed by atoms with Crippen LogP contribution in [0, 0.1) is 23.7 Å². The third-order valence-corrected chi connectivity index (χ3v) is 11.3. The molecular formula is C44H62N4O13. The van der Waals surface area contributed by atoms with E-state index in [1.165, 1.54) is 30.8 Å². The Balaban J connectivity index is 1.49. The van der Waals surface area contributed by atoms with Crippen molar-refractivity contribution in [3.8, 4) is 23.2 Å². The van der Waals surface area contributed by atoms with Gasteiger partial charge in [0.1, 0.15) is 48.3 Å². The highest BCUT2D eigenvalue weighted by atomic mass is 16.5. The van der Waals surface area contributed by atoms with Gasteiger partial charge in [0.05, 0.1) is 30.8 Å². The highest BCUT2D eigenvalue weighted by Crippen LogP contribution is 2.32. The van der Waals surface area contributed by atoms with Crippen LogP contribution >= 0.6 is 0 Å². The monoisotopic (exact) mass is 854 g/mol. The number of aliphatic hydroxyl groups excluding tert-OH is 2. The molecule has 1 aliphatic heterocycles. The number of aliphatic hydroxyl groups is 2. The van der Waals surface area contributed by atoms with Crippen LogP contribution < -0.4 is 0 Å². The van der Waals surface area contributed by atoms with Crippen molar-refractivity contribution in [3.05, 3.63) is 48.7 Å². The van der Waals surface area contributed by atoms with E-state index in [4.69, 9.17) is 32.2 Å². The van der Waals surface area contributed by atoms with Crippen LogP contribution in [0.5, 0.6) is 0 Å². The van der Waals surface area contributed by atoms with E-state index in [9.17, 15) is 29.4 Å². The van der Waals surface area contributed by atoms with Crippen LogP contribution in [0.25, 0.3) is 29.2 Å². The van der Waals surface area contributed by atoms with Crippen LogP contribution in [0.2, 0.25) is 0 Å². The molecule has 4 rings (SSSR count). The van der Waals surface area contributed by atoms with Gasteiger partial charge in [0.2, 0.25) is 24.1 Å². The minimum Gasteiger partial charge on any atom is -0.462 e. The highest BCUT2D eigenvalue weighted by molar-refractivity contribution is 5.82. The summed E-state index contributed by atoms with van der Waals surface area (Å²) >= 11 is 0. The fourth-order valence-corrected chi connectivity index (χ4v) is 7.35. The van der Waals surface area contributed by atoms with Crippen molar-refractivity contribution in [2.45, 2.75) is 122 Å². The van der Waals surface area contributed by atoms with E-state index in [1.54, 1.807) is 46.5 Å². The largest absolute Gasteiger partial charge is 0.462 e. The number of rotatable bonds is 15. The van der Waals surface area contributed by atoms with Gasteiger partial charge in [-0.2, -0.15) is 0 Å². The van der Waals surface area contributed by atoms with Crippen molar-refractivity contribution in [1.29, 1.82) is 0 Å². The summed E-state index contributed by atoms with van der Waals surface area (Å²) in [5.41, 5.74) is 0.974. The first-order valence-electron chi connectivity index (χ1n) is 20.7. The summed E-state index contributed by atoms with van der Waals surface area (Å²) in [7, 11) is 6.20. The van der Waals surface area contributed by atoms with Crippen LogP contribution in [-0.2, 0) is 38.1 Å². The normalized spacial score (nSPS) is 24.3. The van der Waals surface area contributed by atoms with Gasteiger partial charge in [0.25, 0.3) is 0 Å². The van der Waals surface area contributed by atoms with E-state index < -0.39 is 42.7 Å². The number of esters is 1. The molecule has 1 aliphatic rings. The first kappa shape index (κ1) is 48.9. The van der Waals surface area contributed by atoms with Gasteiger partial charge in [0, 0.05) is 72.1 Å². The Morgan fingerprint density at radius 2 is 1.62 bits per heavy atom. The summed E-state index contributed by atoms with van der Waals surface area (Å²) in [6, 6.07) is 0. The van der Waals surface area contributed by atoms with Crippen molar-refractivity contribution in [2.75, 3.05) is 28.4 Å².